The largest absolute Gasteiger partial charge is 0.494 e. The number of allylic oxidation sites excluding steroid dienone is 2. The summed E-state index contributed by atoms with van der Waals surface area (Å²) in [6, 6.07) is 0. The van der Waals surface area contributed by atoms with Gasteiger partial charge in [-0.2, -0.15) is 0 Å². The highest BCUT2D eigenvalue weighted by atomic mass is 16.3. The van der Waals surface area contributed by atoms with E-state index < -0.39 is 0 Å². The Labute approximate surface area is 64.7 Å². The van der Waals surface area contributed by atoms with Crippen molar-refractivity contribution in [1.29, 1.82) is 0 Å². The Morgan fingerprint density at radius 3 is 3.18 bits per heavy atom. The molecule has 56 valence electrons. The summed E-state index contributed by atoms with van der Waals surface area (Å²) in [7, 11) is 0. The first kappa shape index (κ1) is 6.22. The van der Waals surface area contributed by atoms with Crippen LogP contribution in [0.1, 0.15) is 0 Å². The van der Waals surface area contributed by atoms with Crippen molar-refractivity contribution in [1.82, 2.24) is 4.90 Å². The van der Waals surface area contributed by atoms with E-state index in [1.165, 1.54) is 0 Å². The molecule has 0 radical (unpaired) electrons. The normalized spacial score (nSPS) is 20.9. The average Bonchev–Trinajstić information content (AvgIpc) is 2.06. The van der Waals surface area contributed by atoms with Gasteiger partial charge in [-0.05, 0) is 18.2 Å². The molecule has 0 aliphatic carbocycles. The number of aliphatic imine (C=N–C) groups is 1. The van der Waals surface area contributed by atoms with Crippen LogP contribution >= 0.6 is 0 Å². The molecule has 0 saturated heterocycles. The van der Waals surface area contributed by atoms with E-state index in [2.05, 4.69) is 4.99 Å². The predicted octanol–water partition coefficient (Wildman–Crippen LogP) is 1.18. The van der Waals surface area contributed by atoms with Crippen LogP contribution in [0.2, 0.25) is 0 Å². The Hall–Kier alpha value is -1.51. The zero-order chi connectivity index (χ0) is 7.68. The maximum atomic E-state index is 9.33. The first-order valence-corrected chi connectivity index (χ1v) is 3.45. The summed E-state index contributed by atoms with van der Waals surface area (Å²) in [6.45, 7) is 0.565. The van der Waals surface area contributed by atoms with Crippen LogP contribution in [0.5, 0.6) is 0 Å². The molecule has 0 aromatic rings. The van der Waals surface area contributed by atoms with Crippen molar-refractivity contribution in [3.05, 3.63) is 36.4 Å². The van der Waals surface area contributed by atoms with Gasteiger partial charge < -0.3 is 5.11 Å². The molecule has 2 aliphatic heterocycles. The van der Waals surface area contributed by atoms with Crippen LogP contribution < -0.4 is 0 Å². The van der Waals surface area contributed by atoms with E-state index in [1.54, 1.807) is 17.2 Å². The molecular formula is C8H8N2O. The Kier molecular flexibility index (Phi) is 1.28. The summed E-state index contributed by atoms with van der Waals surface area (Å²) in [5.74, 6) is 1.06. The van der Waals surface area contributed by atoms with E-state index in [0.29, 0.717) is 6.54 Å². The molecule has 0 spiro atoms. The number of hydrogen-bond acceptors (Lipinski definition) is 3. The lowest BCUT2D eigenvalue weighted by molar-refractivity contribution is 0.310. The lowest BCUT2D eigenvalue weighted by Gasteiger charge is -2.23. The van der Waals surface area contributed by atoms with Crippen LogP contribution in [-0.4, -0.2) is 22.4 Å². The number of aliphatic hydroxyl groups excluding tert-OH is 1. The van der Waals surface area contributed by atoms with Crippen LogP contribution in [0.25, 0.3) is 0 Å². The van der Waals surface area contributed by atoms with Crippen LogP contribution in [0.4, 0.5) is 0 Å². The molecule has 0 fully saturated rings. The second-order valence-corrected chi connectivity index (χ2v) is 2.33. The van der Waals surface area contributed by atoms with Crippen LogP contribution in [0, 0.1) is 0 Å². The third-order valence-corrected chi connectivity index (χ3v) is 1.61. The fourth-order valence-electron chi connectivity index (χ4n) is 1.08. The smallest absolute Gasteiger partial charge is 0.194 e. The number of fused-ring (bicyclic) bond motifs is 1. The number of nitrogens with zero attached hydrogens (tertiary/aromatic N) is 2. The quantitative estimate of drug-likeness (QED) is 0.560. The van der Waals surface area contributed by atoms with Crippen LogP contribution in [-0.2, 0) is 0 Å². The molecule has 0 unspecified atom stereocenters. The van der Waals surface area contributed by atoms with Gasteiger partial charge in [0.25, 0.3) is 0 Å². The lowest BCUT2D eigenvalue weighted by atomic mass is 10.3. The van der Waals surface area contributed by atoms with E-state index in [4.69, 9.17) is 0 Å². The minimum atomic E-state index is 0.260. The van der Waals surface area contributed by atoms with Crippen molar-refractivity contribution in [3.8, 4) is 0 Å². The maximum absolute atomic E-state index is 9.33. The lowest BCUT2D eigenvalue weighted by Crippen LogP contribution is -2.27. The molecule has 2 aliphatic rings. The van der Waals surface area contributed by atoms with Gasteiger partial charge in [-0.1, -0.05) is 6.08 Å². The Morgan fingerprint density at radius 1 is 1.45 bits per heavy atom. The van der Waals surface area contributed by atoms with Gasteiger partial charge in [0.05, 0.1) is 6.54 Å². The summed E-state index contributed by atoms with van der Waals surface area (Å²) in [6.07, 6.45) is 9.07. The molecule has 0 amide bonds. The number of amidine groups is 1. The minimum absolute atomic E-state index is 0.260. The number of rotatable bonds is 0. The zero-order valence-electron chi connectivity index (χ0n) is 5.94. The Balaban J connectivity index is 2.35. The summed E-state index contributed by atoms with van der Waals surface area (Å²) >= 11 is 0. The monoisotopic (exact) mass is 148 g/mol. The highest BCUT2D eigenvalue weighted by Gasteiger charge is 2.14. The third-order valence-electron chi connectivity index (χ3n) is 1.61. The first-order valence-electron chi connectivity index (χ1n) is 3.45. The van der Waals surface area contributed by atoms with Gasteiger partial charge in [-0.25, -0.2) is 0 Å². The molecule has 0 atom stereocenters. The number of aliphatic hydroxyl groups is 1. The molecule has 1 N–H and O–H groups in total. The molecule has 0 bridgehead atoms. The summed E-state index contributed by atoms with van der Waals surface area (Å²) in [5, 5.41) is 9.33. The van der Waals surface area contributed by atoms with E-state index in [9.17, 15) is 5.11 Å². The van der Waals surface area contributed by atoms with E-state index in [1.807, 2.05) is 18.2 Å². The Bertz CT molecular complexity index is 286. The van der Waals surface area contributed by atoms with Crippen molar-refractivity contribution in [2.75, 3.05) is 6.54 Å². The third kappa shape index (κ3) is 0.941. The van der Waals surface area contributed by atoms with Crippen LogP contribution in [0.15, 0.2) is 41.4 Å². The summed E-state index contributed by atoms with van der Waals surface area (Å²) in [4.78, 5) is 5.81. The second-order valence-electron chi connectivity index (χ2n) is 2.33. The predicted molar refractivity (Wildman–Crippen MR) is 43.1 cm³/mol. The van der Waals surface area contributed by atoms with Gasteiger partial charge in [-0.3, -0.25) is 9.89 Å². The maximum Gasteiger partial charge on any atom is 0.194 e. The molecule has 0 aromatic carbocycles. The van der Waals surface area contributed by atoms with E-state index in [0.717, 1.165) is 5.84 Å². The van der Waals surface area contributed by atoms with Crippen molar-refractivity contribution in [2.24, 2.45) is 4.99 Å². The molecule has 3 nitrogen and oxygen atoms in total. The molecular weight excluding hydrogens is 140 g/mol. The fourth-order valence-corrected chi connectivity index (χ4v) is 1.08. The highest BCUT2D eigenvalue weighted by molar-refractivity contribution is 5.96. The topological polar surface area (TPSA) is 35.8 Å². The fraction of sp³-hybridized carbons (Fsp3) is 0.125. The van der Waals surface area contributed by atoms with Gasteiger partial charge in [0.15, 0.2) is 5.88 Å². The van der Waals surface area contributed by atoms with Gasteiger partial charge in [-0.15, -0.1) is 0 Å². The summed E-state index contributed by atoms with van der Waals surface area (Å²) in [5.41, 5.74) is 0. The minimum Gasteiger partial charge on any atom is -0.494 e. The van der Waals surface area contributed by atoms with Crippen molar-refractivity contribution in [2.45, 2.75) is 0 Å². The first-order chi connectivity index (χ1) is 5.38. The SMILES string of the molecule is OC1=CCN=C2C=CC=CN12. The average molecular weight is 148 g/mol. The second kappa shape index (κ2) is 2.27. The molecule has 11 heavy (non-hydrogen) atoms. The Morgan fingerprint density at radius 2 is 2.36 bits per heavy atom. The van der Waals surface area contributed by atoms with Gasteiger partial charge in [0.2, 0.25) is 0 Å². The molecule has 2 rings (SSSR count). The number of hydrogen-bond donors (Lipinski definition) is 1. The van der Waals surface area contributed by atoms with Gasteiger partial charge >= 0.3 is 0 Å². The van der Waals surface area contributed by atoms with Gasteiger partial charge in [0, 0.05) is 6.20 Å². The molecule has 2 heterocycles. The zero-order valence-corrected chi connectivity index (χ0v) is 5.94. The molecule has 0 saturated carbocycles. The van der Waals surface area contributed by atoms with Gasteiger partial charge in [0.1, 0.15) is 5.84 Å². The molecule has 0 aromatic heterocycles. The van der Waals surface area contributed by atoms with Crippen LogP contribution in [0.3, 0.4) is 0 Å². The highest BCUT2D eigenvalue weighted by Crippen LogP contribution is 2.12. The van der Waals surface area contributed by atoms with E-state index in [-0.39, 0.29) is 5.88 Å². The standard InChI is InChI=1S/C8H8N2O/c11-8-4-5-9-7-3-1-2-6-10(7)8/h1-4,6,11H,5H2. The molecule has 3 heteroatoms. The summed E-state index contributed by atoms with van der Waals surface area (Å²) < 4.78 is 0. The van der Waals surface area contributed by atoms with Crippen molar-refractivity contribution < 1.29 is 5.11 Å². The van der Waals surface area contributed by atoms with Crippen molar-refractivity contribution in [3.63, 3.8) is 0 Å². The van der Waals surface area contributed by atoms with E-state index >= 15 is 0 Å². The van der Waals surface area contributed by atoms with Crippen molar-refractivity contribution >= 4 is 5.84 Å².